The number of aryl methyl sites for hydroxylation is 1. The van der Waals surface area contributed by atoms with Gasteiger partial charge < -0.3 is 15.4 Å². The fraction of sp³-hybridized carbons (Fsp3) is 0.143. The number of anilines is 2. The van der Waals surface area contributed by atoms with Crippen LogP contribution in [0.25, 0.3) is 0 Å². The van der Waals surface area contributed by atoms with Gasteiger partial charge in [0.2, 0.25) is 0 Å². The number of thiophene rings is 1. The maximum absolute atomic E-state index is 13.7. The average molecular weight is 359 g/mol. The number of halogens is 2. The third kappa shape index (κ3) is 3.94. The van der Waals surface area contributed by atoms with Crippen molar-refractivity contribution in [3.05, 3.63) is 45.5 Å². The molecule has 0 saturated heterocycles. The summed E-state index contributed by atoms with van der Waals surface area (Å²) in [6.07, 6.45) is 0. The van der Waals surface area contributed by atoms with E-state index in [2.05, 4.69) is 10.6 Å². The van der Waals surface area contributed by atoms with Gasteiger partial charge in [-0.3, -0.25) is 0 Å². The van der Waals surface area contributed by atoms with Crippen LogP contribution in [0.4, 0.5) is 15.1 Å². The third-order valence-electron chi connectivity index (χ3n) is 2.67. The van der Waals surface area contributed by atoms with E-state index in [1.54, 1.807) is 12.1 Å². The largest absolute Gasteiger partial charge is 0.465 e. The van der Waals surface area contributed by atoms with Gasteiger partial charge in [0.05, 0.1) is 18.4 Å². The number of rotatable bonds is 3. The molecule has 1 aromatic carbocycles. The predicted molar refractivity (Wildman–Crippen MR) is 91.6 cm³/mol. The maximum atomic E-state index is 13.7. The first kappa shape index (κ1) is 16.7. The first-order valence-corrected chi connectivity index (χ1v) is 7.72. The molecule has 0 aliphatic heterocycles. The normalized spacial score (nSPS) is 10.2. The van der Waals surface area contributed by atoms with E-state index >= 15 is 0 Å². The minimum absolute atomic E-state index is 0.160. The fourth-order valence-electron chi connectivity index (χ4n) is 1.72. The Bertz CT molecular complexity index is 734. The van der Waals surface area contributed by atoms with Crippen LogP contribution in [0.5, 0.6) is 0 Å². The molecule has 8 heteroatoms. The van der Waals surface area contributed by atoms with E-state index < -0.39 is 11.8 Å². The molecule has 0 amide bonds. The highest BCUT2D eigenvalue weighted by atomic mass is 35.5. The number of ether oxygens (including phenoxy) is 1. The van der Waals surface area contributed by atoms with Crippen LogP contribution in [0, 0.1) is 12.7 Å². The zero-order valence-electron chi connectivity index (χ0n) is 11.7. The Kier molecular flexibility index (Phi) is 5.33. The fourth-order valence-corrected chi connectivity index (χ4v) is 3.06. The number of carbonyl (C=O) groups excluding carboxylic acids is 1. The first-order chi connectivity index (χ1) is 10.4. The number of carbonyl (C=O) groups is 1. The van der Waals surface area contributed by atoms with Gasteiger partial charge in [-0.1, -0.05) is 11.6 Å². The summed E-state index contributed by atoms with van der Waals surface area (Å²) in [6.45, 7) is 1.86. The molecule has 0 atom stereocenters. The minimum Gasteiger partial charge on any atom is -0.465 e. The lowest BCUT2D eigenvalue weighted by molar-refractivity contribution is 0.0602. The lowest BCUT2D eigenvalue weighted by atomic mass is 10.3. The molecule has 0 fully saturated rings. The zero-order valence-corrected chi connectivity index (χ0v) is 14.1. The molecule has 1 heterocycles. The van der Waals surface area contributed by atoms with Crippen molar-refractivity contribution in [1.29, 1.82) is 0 Å². The van der Waals surface area contributed by atoms with Crippen molar-refractivity contribution in [2.45, 2.75) is 6.92 Å². The van der Waals surface area contributed by atoms with Crippen LogP contribution in [0.2, 0.25) is 5.02 Å². The van der Waals surface area contributed by atoms with Crippen LogP contribution in [0.1, 0.15) is 15.2 Å². The minimum atomic E-state index is -0.521. The SMILES string of the molecule is COC(=O)c1cc(C)sc1NC(=S)Nc1ccc(Cl)cc1F. The second kappa shape index (κ2) is 7.04. The zero-order chi connectivity index (χ0) is 16.3. The summed E-state index contributed by atoms with van der Waals surface area (Å²) in [5.41, 5.74) is 0.570. The van der Waals surface area contributed by atoms with Crippen LogP contribution in [-0.2, 0) is 4.74 Å². The summed E-state index contributed by atoms with van der Waals surface area (Å²) in [5.74, 6) is -0.987. The van der Waals surface area contributed by atoms with Crippen LogP contribution >= 0.6 is 35.2 Å². The number of benzene rings is 1. The summed E-state index contributed by atoms with van der Waals surface area (Å²) in [6, 6.07) is 5.91. The summed E-state index contributed by atoms with van der Waals surface area (Å²) < 4.78 is 18.4. The number of nitrogens with one attached hydrogen (secondary N) is 2. The molecule has 2 N–H and O–H groups in total. The summed E-state index contributed by atoms with van der Waals surface area (Å²) in [4.78, 5) is 12.6. The molecule has 0 bridgehead atoms. The number of esters is 1. The topological polar surface area (TPSA) is 50.4 Å². The molecular weight excluding hydrogens is 347 g/mol. The van der Waals surface area contributed by atoms with Gasteiger partial charge in [-0.25, -0.2) is 9.18 Å². The van der Waals surface area contributed by atoms with Gasteiger partial charge in [-0.05, 0) is 43.4 Å². The Hall–Kier alpha value is -1.70. The Morgan fingerprint density at radius 3 is 2.73 bits per heavy atom. The van der Waals surface area contributed by atoms with E-state index in [0.717, 1.165) is 4.88 Å². The number of hydrogen-bond donors (Lipinski definition) is 2. The molecule has 4 nitrogen and oxygen atoms in total. The standard InChI is InChI=1S/C14H12ClFN2O2S2/c1-7-5-9(13(19)20-2)12(22-7)18-14(21)17-11-4-3-8(15)6-10(11)16/h3-6H,1-2H3,(H2,17,18,21). The Labute approximate surface area is 141 Å². The molecule has 0 radical (unpaired) electrons. The molecule has 0 unspecified atom stereocenters. The highest BCUT2D eigenvalue weighted by Crippen LogP contribution is 2.28. The molecule has 22 heavy (non-hydrogen) atoms. The lowest BCUT2D eigenvalue weighted by Crippen LogP contribution is -2.20. The summed E-state index contributed by atoms with van der Waals surface area (Å²) >= 11 is 12.2. The van der Waals surface area contributed by atoms with Crippen molar-refractivity contribution in [1.82, 2.24) is 0 Å². The summed E-state index contributed by atoms with van der Waals surface area (Å²) in [7, 11) is 1.30. The molecular formula is C14H12ClFN2O2S2. The van der Waals surface area contributed by atoms with Crippen LogP contribution in [0.3, 0.4) is 0 Å². The van der Waals surface area contributed by atoms with Crippen molar-refractivity contribution in [3.63, 3.8) is 0 Å². The van der Waals surface area contributed by atoms with Crippen molar-refractivity contribution in [2.24, 2.45) is 0 Å². The highest BCUT2D eigenvalue weighted by molar-refractivity contribution is 7.80. The van der Waals surface area contributed by atoms with Gasteiger partial charge >= 0.3 is 5.97 Å². The first-order valence-electron chi connectivity index (χ1n) is 6.12. The van der Waals surface area contributed by atoms with E-state index in [9.17, 15) is 9.18 Å². The molecule has 2 aromatic rings. The van der Waals surface area contributed by atoms with E-state index in [1.807, 2.05) is 6.92 Å². The molecule has 0 aliphatic carbocycles. The number of methoxy groups -OCH3 is 1. The molecule has 0 spiro atoms. The Morgan fingerprint density at radius 1 is 1.36 bits per heavy atom. The van der Waals surface area contributed by atoms with Crippen molar-refractivity contribution in [3.8, 4) is 0 Å². The molecule has 116 valence electrons. The second-order valence-corrected chi connectivity index (χ2v) is 6.40. The maximum Gasteiger partial charge on any atom is 0.340 e. The quantitative estimate of drug-likeness (QED) is 0.627. The van der Waals surface area contributed by atoms with E-state index in [-0.39, 0.29) is 10.8 Å². The van der Waals surface area contributed by atoms with Gasteiger partial charge in [-0.2, -0.15) is 0 Å². The van der Waals surface area contributed by atoms with Gasteiger partial charge in [0.1, 0.15) is 10.8 Å². The second-order valence-electron chi connectivity index (χ2n) is 4.29. The van der Waals surface area contributed by atoms with Gasteiger partial charge in [-0.15, -0.1) is 11.3 Å². The number of thiocarbonyl (C=S) groups is 1. The smallest absolute Gasteiger partial charge is 0.340 e. The lowest BCUT2D eigenvalue weighted by Gasteiger charge is -2.11. The van der Waals surface area contributed by atoms with Gasteiger partial charge in [0, 0.05) is 9.90 Å². The molecule has 1 aromatic heterocycles. The van der Waals surface area contributed by atoms with Crippen molar-refractivity contribution in [2.75, 3.05) is 17.7 Å². The van der Waals surface area contributed by atoms with E-state index in [0.29, 0.717) is 15.6 Å². The molecule has 0 aliphatic rings. The van der Waals surface area contributed by atoms with Crippen LogP contribution in [-0.4, -0.2) is 18.2 Å². The third-order valence-corrected chi connectivity index (χ3v) is 4.07. The molecule has 2 rings (SSSR count). The monoisotopic (exact) mass is 358 g/mol. The van der Waals surface area contributed by atoms with E-state index in [1.165, 1.54) is 30.6 Å². The highest BCUT2D eigenvalue weighted by Gasteiger charge is 2.16. The molecule has 0 saturated carbocycles. The van der Waals surface area contributed by atoms with Crippen molar-refractivity contribution < 1.29 is 13.9 Å². The van der Waals surface area contributed by atoms with Gasteiger partial charge in [0.15, 0.2) is 5.11 Å². The Morgan fingerprint density at radius 2 is 2.09 bits per heavy atom. The van der Waals surface area contributed by atoms with Gasteiger partial charge in [0.25, 0.3) is 0 Å². The van der Waals surface area contributed by atoms with Crippen LogP contribution in [0.15, 0.2) is 24.3 Å². The van der Waals surface area contributed by atoms with Crippen molar-refractivity contribution >= 4 is 56.9 Å². The average Bonchev–Trinajstić information content (AvgIpc) is 2.81. The predicted octanol–water partition coefficient (Wildman–Crippen LogP) is 4.44. The van der Waals surface area contributed by atoms with Crippen LogP contribution < -0.4 is 10.6 Å². The van der Waals surface area contributed by atoms with E-state index in [4.69, 9.17) is 28.6 Å². The Balaban J connectivity index is 2.14. The number of hydrogen-bond acceptors (Lipinski definition) is 4. The summed E-state index contributed by atoms with van der Waals surface area (Å²) in [5, 5.41) is 6.59.